The molecule has 3 amide bonds. The fourth-order valence-corrected chi connectivity index (χ4v) is 4.45. The molecule has 4 rings (SSSR count). The Labute approximate surface area is 186 Å². The molecule has 0 fully saturated rings. The van der Waals surface area contributed by atoms with Gasteiger partial charge in [0.2, 0.25) is 0 Å². The number of aryl methyl sites for hydroxylation is 2. The molecule has 3 aromatic rings. The van der Waals surface area contributed by atoms with Crippen LogP contribution in [0.3, 0.4) is 0 Å². The van der Waals surface area contributed by atoms with Gasteiger partial charge in [-0.15, -0.1) is 11.3 Å². The minimum Gasteiger partial charge on any atom is -0.361 e. The van der Waals surface area contributed by atoms with Crippen molar-refractivity contribution in [2.75, 3.05) is 25.6 Å². The van der Waals surface area contributed by atoms with Crippen LogP contribution in [-0.4, -0.2) is 56.5 Å². The highest BCUT2D eigenvalue weighted by molar-refractivity contribution is 7.13. The van der Waals surface area contributed by atoms with Crippen LogP contribution in [0.1, 0.15) is 27.5 Å². The summed E-state index contributed by atoms with van der Waals surface area (Å²) in [5, 5.41) is 12.7. The van der Waals surface area contributed by atoms with E-state index in [0.717, 1.165) is 9.75 Å². The maximum absolute atomic E-state index is 12.6. The van der Waals surface area contributed by atoms with Crippen molar-refractivity contribution in [1.82, 2.24) is 29.6 Å². The minimum atomic E-state index is -0.344. The first-order valence-electron chi connectivity index (χ1n) is 9.45. The van der Waals surface area contributed by atoms with Crippen molar-refractivity contribution in [3.05, 3.63) is 44.0 Å². The Balaban J connectivity index is 1.28. The van der Waals surface area contributed by atoms with Crippen LogP contribution in [-0.2, 0) is 6.54 Å². The van der Waals surface area contributed by atoms with E-state index in [4.69, 9.17) is 4.52 Å². The van der Waals surface area contributed by atoms with Crippen LogP contribution in [0.4, 0.5) is 9.93 Å². The van der Waals surface area contributed by atoms with Gasteiger partial charge in [0.25, 0.3) is 5.91 Å². The van der Waals surface area contributed by atoms with E-state index in [1.54, 1.807) is 25.8 Å². The molecule has 0 spiro atoms. The molecule has 0 saturated heterocycles. The van der Waals surface area contributed by atoms with E-state index in [1.807, 2.05) is 22.7 Å². The van der Waals surface area contributed by atoms with Gasteiger partial charge in [0, 0.05) is 36.6 Å². The molecule has 31 heavy (non-hydrogen) atoms. The van der Waals surface area contributed by atoms with Crippen LogP contribution in [0.5, 0.6) is 0 Å². The number of hydrogen-bond acceptors (Lipinski definition) is 9. The number of fused-ring (bicyclic) bond motifs is 1. The molecule has 1 aliphatic heterocycles. The maximum Gasteiger partial charge on any atom is 0.322 e. The number of thiazole rings is 1. The van der Waals surface area contributed by atoms with Gasteiger partial charge < -0.3 is 19.6 Å². The second-order valence-corrected chi connectivity index (χ2v) is 8.73. The van der Waals surface area contributed by atoms with Gasteiger partial charge in [-0.2, -0.15) is 4.37 Å². The molecule has 0 aromatic carbocycles. The van der Waals surface area contributed by atoms with Crippen LogP contribution >= 0.6 is 22.9 Å². The number of urea groups is 1. The molecule has 162 valence electrons. The lowest BCUT2D eigenvalue weighted by Gasteiger charge is -2.20. The number of amides is 3. The number of nitrogens with zero attached hydrogens (tertiary/aromatic N) is 5. The summed E-state index contributed by atoms with van der Waals surface area (Å²) in [5.41, 5.74) is 1.70. The third-order valence-corrected chi connectivity index (χ3v) is 6.28. The molecular formula is C19H21N7O3S2. The van der Waals surface area contributed by atoms with Crippen molar-refractivity contribution in [2.45, 2.75) is 20.4 Å². The molecule has 1 aliphatic rings. The number of anilines is 1. The number of carbonyl (C=O) groups is 2. The molecule has 2 N–H and O–H groups in total. The van der Waals surface area contributed by atoms with Crippen molar-refractivity contribution >= 4 is 52.2 Å². The Kier molecular flexibility index (Phi) is 6.00. The molecule has 0 bridgehead atoms. The van der Waals surface area contributed by atoms with Crippen molar-refractivity contribution in [1.29, 1.82) is 0 Å². The van der Waals surface area contributed by atoms with Gasteiger partial charge >= 0.3 is 6.03 Å². The number of carbonyl (C=O) groups excluding carboxylic acids is 2. The Morgan fingerprint density at radius 3 is 2.97 bits per heavy atom. The molecule has 0 aliphatic carbocycles. The van der Waals surface area contributed by atoms with Gasteiger partial charge in [-0.1, -0.05) is 5.16 Å². The lowest BCUT2D eigenvalue weighted by Crippen LogP contribution is -2.41. The van der Waals surface area contributed by atoms with Gasteiger partial charge in [0.05, 0.1) is 29.1 Å². The van der Waals surface area contributed by atoms with Gasteiger partial charge in [-0.05, 0) is 31.5 Å². The van der Waals surface area contributed by atoms with Crippen molar-refractivity contribution in [3.63, 3.8) is 0 Å². The Hall–Kier alpha value is -3.25. The van der Waals surface area contributed by atoms with Crippen molar-refractivity contribution in [3.8, 4) is 0 Å². The maximum atomic E-state index is 12.6. The summed E-state index contributed by atoms with van der Waals surface area (Å²) in [4.78, 5) is 32.8. The van der Waals surface area contributed by atoms with E-state index in [0.29, 0.717) is 47.6 Å². The predicted molar refractivity (Wildman–Crippen MR) is 118 cm³/mol. The zero-order valence-corrected chi connectivity index (χ0v) is 18.8. The van der Waals surface area contributed by atoms with E-state index in [-0.39, 0.29) is 11.9 Å². The molecule has 0 saturated carbocycles. The third-order valence-electron chi connectivity index (χ3n) is 4.67. The fraction of sp³-hybridized carbons (Fsp3) is 0.316. The molecular weight excluding hydrogens is 438 g/mol. The predicted octanol–water partition coefficient (Wildman–Crippen LogP) is 1.09. The SMILES string of the molecule is Cc1noc(C)c1C(=O)N(C)Cc1csc(NC(=O)NCN2C=c3cnsc3=CC2)n1. The van der Waals surface area contributed by atoms with E-state index >= 15 is 0 Å². The molecule has 12 heteroatoms. The molecule has 4 heterocycles. The fourth-order valence-electron chi connectivity index (χ4n) is 3.11. The summed E-state index contributed by atoms with van der Waals surface area (Å²) < 4.78 is 10.4. The number of hydrogen-bond donors (Lipinski definition) is 2. The summed E-state index contributed by atoms with van der Waals surface area (Å²) >= 11 is 2.76. The van der Waals surface area contributed by atoms with Gasteiger partial charge in [0.1, 0.15) is 11.3 Å². The summed E-state index contributed by atoms with van der Waals surface area (Å²) in [7, 11) is 1.69. The lowest BCUT2D eigenvalue weighted by molar-refractivity contribution is 0.0781. The summed E-state index contributed by atoms with van der Waals surface area (Å²) in [6.07, 6.45) is 5.87. The summed E-state index contributed by atoms with van der Waals surface area (Å²) in [6, 6.07) is -0.344. The Morgan fingerprint density at radius 1 is 1.35 bits per heavy atom. The van der Waals surface area contributed by atoms with Crippen LogP contribution in [0.15, 0.2) is 16.1 Å². The first kappa shape index (κ1) is 21.0. The molecule has 0 radical (unpaired) electrons. The topological polar surface area (TPSA) is 116 Å². The second-order valence-electron chi connectivity index (χ2n) is 7.04. The highest BCUT2D eigenvalue weighted by Crippen LogP contribution is 2.19. The zero-order chi connectivity index (χ0) is 22.0. The quantitative estimate of drug-likeness (QED) is 0.567. The number of aromatic nitrogens is 3. The van der Waals surface area contributed by atoms with E-state index < -0.39 is 0 Å². The standard InChI is InChI=1S/C19H21N7O3S2/c1-11-16(12(2)29-24-11)17(27)25(3)8-14-9-30-19(22-14)23-18(28)20-10-26-5-4-15-13(7-26)6-21-31-15/h4,6-7,9H,5,8,10H2,1-3H3,(H2,20,22,23,28). The summed E-state index contributed by atoms with van der Waals surface area (Å²) in [5.74, 6) is 0.303. The van der Waals surface area contributed by atoms with E-state index in [9.17, 15) is 9.59 Å². The second kappa shape index (κ2) is 8.86. The lowest BCUT2D eigenvalue weighted by atomic mass is 10.2. The Morgan fingerprint density at radius 2 is 2.19 bits per heavy atom. The molecule has 0 atom stereocenters. The van der Waals surface area contributed by atoms with Gasteiger partial charge in [0.15, 0.2) is 5.13 Å². The number of rotatable bonds is 6. The molecule has 10 nitrogen and oxygen atoms in total. The minimum absolute atomic E-state index is 0.185. The van der Waals surface area contributed by atoms with Crippen LogP contribution < -0.4 is 20.4 Å². The first-order chi connectivity index (χ1) is 14.9. The highest BCUT2D eigenvalue weighted by Gasteiger charge is 2.21. The largest absolute Gasteiger partial charge is 0.361 e. The smallest absolute Gasteiger partial charge is 0.322 e. The van der Waals surface area contributed by atoms with Crippen LogP contribution in [0.2, 0.25) is 0 Å². The van der Waals surface area contributed by atoms with E-state index in [1.165, 1.54) is 22.9 Å². The molecule has 0 unspecified atom stereocenters. The van der Waals surface area contributed by atoms with Gasteiger partial charge in [-0.25, -0.2) is 9.78 Å². The highest BCUT2D eigenvalue weighted by atomic mass is 32.1. The Bertz CT molecular complexity index is 1210. The average molecular weight is 460 g/mol. The van der Waals surface area contributed by atoms with Crippen molar-refractivity contribution < 1.29 is 14.1 Å². The normalized spacial score (nSPS) is 12.5. The van der Waals surface area contributed by atoms with Crippen LogP contribution in [0.25, 0.3) is 12.3 Å². The van der Waals surface area contributed by atoms with Crippen LogP contribution in [0, 0.1) is 13.8 Å². The molecule has 3 aromatic heterocycles. The average Bonchev–Trinajstić information content (AvgIpc) is 3.46. The third kappa shape index (κ3) is 4.75. The van der Waals surface area contributed by atoms with Crippen molar-refractivity contribution in [2.24, 2.45) is 0 Å². The summed E-state index contributed by atoms with van der Waals surface area (Å²) in [6.45, 7) is 4.82. The first-order valence-corrected chi connectivity index (χ1v) is 11.1. The monoisotopic (exact) mass is 459 g/mol. The van der Waals surface area contributed by atoms with Gasteiger partial charge in [-0.3, -0.25) is 10.1 Å². The number of nitrogens with one attached hydrogen (secondary N) is 2. The zero-order valence-electron chi connectivity index (χ0n) is 17.2. The van der Waals surface area contributed by atoms with E-state index in [2.05, 4.69) is 31.2 Å².